The van der Waals surface area contributed by atoms with Crippen molar-refractivity contribution in [3.05, 3.63) is 23.7 Å². The Labute approximate surface area is 85.4 Å². The van der Waals surface area contributed by atoms with E-state index in [-0.39, 0.29) is 5.60 Å². The molecule has 0 aliphatic heterocycles. The lowest BCUT2D eigenvalue weighted by Crippen LogP contribution is -2.19. The molecule has 0 unspecified atom stereocenters. The summed E-state index contributed by atoms with van der Waals surface area (Å²) in [6, 6.07) is 1.97. The second kappa shape index (κ2) is 4.62. The van der Waals surface area contributed by atoms with Gasteiger partial charge in [0.2, 0.25) is 0 Å². The average molecular weight is 197 g/mol. The second-order valence-electron chi connectivity index (χ2n) is 4.30. The highest BCUT2D eigenvalue weighted by Gasteiger charge is 2.13. The summed E-state index contributed by atoms with van der Waals surface area (Å²) in [6.45, 7) is 7.46. The molecule has 80 valence electrons. The van der Waals surface area contributed by atoms with Gasteiger partial charge in [-0.1, -0.05) is 0 Å². The van der Waals surface area contributed by atoms with Gasteiger partial charge in [-0.25, -0.2) is 0 Å². The summed E-state index contributed by atoms with van der Waals surface area (Å²) in [6.07, 6.45) is 1.70. The molecule has 0 amide bonds. The van der Waals surface area contributed by atoms with Crippen LogP contribution in [0.15, 0.2) is 16.7 Å². The van der Waals surface area contributed by atoms with E-state index in [9.17, 15) is 0 Å². The molecule has 3 nitrogen and oxygen atoms in total. The van der Waals surface area contributed by atoms with Crippen LogP contribution in [0.3, 0.4) is 0 Å². The van der Waals surface area contributed by atoms with Gasteiger partial charge in [0.1, 0.15) is 12.4 Å². The summed E-state index contributed by atoms with van der Waals surface area (Å²) in [7, 11) is 1.92. The molecule has 0 bridgehead atoms. The normalized spacial score (nSPS) is 12.0. The first-order chi connectivity index (χ1) is 6.53. The van der Waals surface area contributed by atoms with Gasteiger partial charge in [0, 0.05) is 12.1 Å². The van der Waals surface area contributed by atoms with Crippen LogP contribution in [-0.2, 0) is 17.9 Å². The minimum absolute atomic E-state index is 0.121. The summed E-state index contributed by atoms with van der Waals surface area (Å²) in [4.78, 5) is 0. The molecule has 0 atom stereocenters. The molecule has 0 radical (unpaired) electrons. The first kappa shape index (κ1) is 11.3. The van der Waals surface area contributed by atoms with Crippen LogP contribution >= 0.6 is 0 Å². The molecule has 0 aliphatic carbocycles. The monoisotopic (exact) mass is 197 g/mol. The van der Waals surface area contributed by atoms with Gasteiger partial charge in [-0.05, 0) is 33.9 Å². The molecular weight excluding hydrogens is 178 g/mol. The van der Waals surface area contributed by atoms with E-state index >= 15 is 0 Å². The maximum Gasteiger partial charge on any atom is 0.133 e. The highest BCUT2D eigenvalue weighted by Crippen LogP contribution is 2.16. The fraction of sp³-hybridized carbons (Fsp3) is 0.636. The Bertz CT molecular complexity index is 273. The van der Waals surface area contributed by atoms with Crippen LogP contribution in [0.4, 0.5) is 0 Å². The smallest absolute Gasteiger partial charge is 0.133 e. The van der Waals surface area contributed by atoms with Gasteiger partial charge in [-0.15, -0.1) is 0 Å². The molecule has 3 heteroatoms. The van der Waals surface area contributed by atoms with Crippen LogP contribution in [0.1, 0.15) is 32.1 Å². The van der Waals surface area contributed by atoms with Crippen molar-refractivity contribution in [2.24, 2.45) is 0 Å². The van der Waals surface area contributed by atoms with Gasteiger partial charge in [0.05, 0.1) is 11.9 Å². The van der Waals surface area contributed by atoms with E-state index in [2.05, 4.69) is 5.32 Å². The molecule has 0 saturated carbocycles. The SMILES string of the molecule is CNCc1ccoc1COC(C)(C)C. The molecule has 1 aromatic heterocycles. The summed E-state index contributed by atoms with van der Waals surface area (Å²) >= 11 is 0. The lowest BCUT2D eigenvalue weighted by Gasteiger charge is -2.18. The zero-order valence-corrected chi connectivity index (χ0v) is 9.39. The molecule has 1 heterocycles. The fourth-order valence-corrected chi connectivity index (χ4v) is 1.12. The Balaban J connectivity index is 2.53. The third-order valence-electron chi connectivity index (χ3n) is 1.84. The van der Waals surface area contributed by atoms with Crippen LogP contribution in [0.2, 0.25) is 0 Å². The molecule has 1 rings (SSSR count). The Morgan fingerprint density at radius 3 is 2.71 bits per heavy atom. The van der Waals surface area contributed by atoms with Crippen molar-refractivity contribution in [1.82, 2.24) is 5.32 Å². The number of nitrogens with one attached hydrogen (secondary N) is 1. The molecule has 0 fully saturated rings. The Morgan fingerprint density at radius 2 is 2.14 bits per heavy atom. The Kier molecular flexibility index (Phi) is 3.72. The van der Waals surface area contributed by atoms with Gasteiger partial charge in [-0.2, -0.15) is 0 Å². The van der Waals surface area contributed by atoms with Crippen molar-refractivity contribution in [3.63, 3.8) is 0 Å². The minimum atomic E-state index is -0.121. The molecule has 0 spiro atoms. The summed E-state index contributed by atoms with van der Waals surface area (Å²) in [5, 5.41) is 3.09. The Morgan fingerprint density at radius 1 is 1.43 bits per heavy atom. The third-order valence-corrected chi connectivity index (χ3v) is 1.84. The van der Waals surface area contributed by atoms with Gasteiger partial charge in [0.25, 0.3) is 0 Å². The molecular formula is C11H19NO2. The lowest BCUT2D eigenvalue weighted by atomic mass is 10.2. The van der Waals surface area contributed by atoms with Crippen LogP contribution < -0.4 is 5.32 Å². The van der Waals surface area contributed by atoms with E-state index in [0.717, 1.165) is 17.9 Å². The van der Waals surface area contributed by atoms with Gasteiger partial charge in [-0.3, -0.25) is 0 Å². The quantitative estimate of drug-likeness (QED) is 0.804. The highest BCUT2D eigenvalue weighted by molar-refractivity contribution is 5.16. The summed E-state index contributed by atoms with van der Waals surface area (Å²) in [5.74, 6) is 0.911. The van der Waals surface area contributed by atoms with E-state index in [1.807, 2.05) is 33.9 Å². The number of hydrogen-bond donors (Lipinski definition) is 1. The molecule has 0 saturated heterocycles. The number of furan rings is 1. The van der Waals surface area contributed by atoms with E-state index in [4.69, 9.17) is 9.15 Å². The zero-order chi connectivity index (χ0) is 10.6. The van der Waals surface area contributed by atoms with E-state index in [1.54, 1.807) is 6.26 Å². The molecule has 14 heavy (non-hydrogen) atoms. The third kappa shape index (κ3) is 3.52. The first-order valence-electron chi connectivity index (χ1n) is 4.87. The summed E-state index contributed by atoms with van der Waals surface area (Å²) < 4.78 is 11.0. The summed E-state index contributed by atoms with van der Waals surface area (Å²) in [5.41, 5.74) is 1.04. The topological polar surface area (TPSA) is 34.4 Å². The molecule has 1 aromatic rings. The molecule has 1 N–H and O–H groups in total. The second-order valence-corrected chi connectivity index (χ2v) is 4.30. The predicted molar refractivity (Wildman–Crippen MR) is 56.0 cm³/mol. The minimum Gasteiger partial charge on any atom is -0.467 e. The Hall–Kier alpha value is -0.800. The highest BCUT2D eigenvalue weighted by atomic mass is 16.5. The average Bonchev–Trinajstić information content (AvgIpc) is 2.48. The first-order valence-corrected chi connectivity index (χ1v) is 4.87. The number of rotatable bonds is 4. The fourth-order valence-electron chi connectivity index (χ4n) is 1.12. The standard InChI is InChI=1S/C11H19NO2/c1-11(2,3)14-8-10-9(7-12-4)5-6-13-10/h5-6,12H,7-8H2,1-4H3. The lowest BCUT2D eigenvalue weighted by molar-refractivity contribution is -0.0228. The van der Waals surface area contributed by atoms with Crippen molar-refractivity contribution in [1.29, 1.82) is 0 Å². The van der Waals surface area contributed by atoms with Crippen molar-refractivity contribution >= 4 is 0 Å². The van der Waals surface area contributed by atoms with Crippen LogP contribution in [-0.4, -0.2) is 12.6 Å². The van der Waals surface area contributed by atoms with E-state index in [0.29, 0.717) is 6.61 Å². The van der Waals surface area contributed by atoms with Gasteiger partial charge < -0.3 is 14.5 Å². The number of hydrogen-bond acceptors (Lipinski definition) is 3. The van der Waals surface area contributed by atoms with Crippen LogP contribution in [0.5, 0.6) is 0 Å². The molecule has 0 aromatic carbocycles. The van der Waals surface area contributed by atoms with Gasteiger partial charge in [0.15, 0.2) is 0 Å². The predicted octanol–water partition coefficient (Wildman–Crippen LogP) is 2.31. The van der Waals surface area contributed by atoms with Crippen molar-refractivity contribution < 1.29 is 9.15 Å². The van der Waals surface area contributed by atoms with Crippen molar-refractivity contribution in [2.75, 3.05) is 7.05 Å². The van der Waals surface area contributed by atoms with Crippen molar-refractivity contribution in [3.8, 4) is 0 Å². The van der Waals surface area contributed by atoms with Crippen molar-refractivity contribution in [2.45, 2.75) is 39.5 Å². The zero-order valence-electron chi connectivity index (χ0n) is 9.39. The maximum atomic E-state index is 5.64. The van der Waals surface area contributed by atoms with E-state index in [1.165, 1.54) is 0 Å². The van der Waals surface area contributed by atoms with E-state index < -0.39 is 0 Å². The number of ether oxygens (including phenoxy) is 1. The van der Waals surface area contributed by atoms with Crippen LogP contribution in [0.25, 0.3) is 0 Å². The van der Waals surface area contributed by atoms with Gasteiger partial charge >= 0.3 is 0 Å². The largest absolute Gasteiger partial charge is 0.467 e. The maximum absolute atomic E-state index is 5.64. The molecule has 0 aliphatic rings. The van der Waals surface area contributed by atoms with Crippen LogP contribution in [0, 0.1) is 0 Å².